The van der Waals surface area contributed by atoms with Gasteiger partial charge in [-0.3, -0.25) is 0 Å². The minimum absolute atomic E-state index is 0.329. The van der Waals surface area contributed by atoms with Crippen molar-refractivity contribution in [1.29, 1.82) is 0 Å². The van der Waals surface area contributed by atoms with Crippen molar-refractivity contribution in [3.63, 3.8) is 0 Å². The molecule has 3 nitrogen and oxygen atoms in total. The fourth-order valence-electron chi connectivity index (χ4n) is 3.43. The predicted octanol–water partition coefficient (Wildman–Crippen LogP) is 4.51. The van der Waals surface area contributed by atoms with E-state index in [-0.39, 0.29) is 0 Å². The zero-order valence-corrected chi connectivity index (χ0v) is 16.1. The maximum Gasteiger partial charge on any atom is 0.0602 e. The van der Waals surface area contributed by atoms with Gasteiger partial charge in [-0.25, -0.2) is 0 Å². The first kappa shape index (κ1) is 21.4. The predicted molar refractivity (Wildman–Crippen MR) is 101 cm³/mol. The molecule has 3 N–H and O–H groups in total. The molecule has 0 spiro atoms. The number of hydrogen-bond donors (Lipinski definition) is 3. The summed E-state index contributed by atoms with van der Waals surface area (Å²) in [6, 6.07) is 0. The summed E-state index contributed by atoms with van der Waals surface area (Å²) in [5.74, 6) is 0. The van der Waals surface area contributed by atoms with Gasteiger partial charge in [0.25, 0.3) is 0 Å². The van der Waals surface area contributed by atoms with E-state index in [4.69, 9.17) is 0 Å². The van der Waals surface area contributed by atoms with Crippen LogP contribution in [0.4, 0.5) is 0 Å². The summed E-state index contributed by atoms with van der Waals surface area (Å²) in [5.41, 5.74) is 0.923. The van der Waals surface area contributed by atoms with E-state index >= 15 is 0 Å². The van der Waals surface area contributed by atoms with Crippen LogP contribution in [0, 0.1) is 5.41 Å². The number of rotatable bonds is 9. The van der Waals surface area contributed by atoms with Gasteiger partial charge in [0.05, 0.1) is 17.8 Å². The van der Waals surface area contributed by atoms with E-state index in [1.807, 2.05) is 13.8 Å². The van der Waals surface area contributed by atoms with E-state index in [2.05, 4.69) is 32.1 Å². The third kappa shape index (κ3) is 10.3. The van der Waals surface area contributed by atoms with E-state index in [9.17, 15) is 15.3 Å². The Morgan fingerprint density at radius 3 is 2.12 bits per heavy atom. The van der Waals surface area contributed by atoms with Crippen LogP contribution in [0.1, 0.15) is 85.5 Å². The molecule has 0 unspecified atom stereocenters. The number of allylic oxidation sites excluding steroid dienone is 3. The second-order valence-corrected chi connectivity index (χ2v) is 8.93. The van der Waals surface area contributed by atoms with Crippen LogP contribution in [-0.2, 0) is 0 Å². The fourth-order valence-corrected chi connectivity index (χ4v) is 3.43. The van der Waals surface area contributed by atoms with E-state index in [1.165, 1.54) is 12.8 Å². The van der Waals surface area contributed by atoms with Gasteiger partial charge in [0.15, 0.2) is 0 Å². The normalized spacial score (nSPS) is 23.0. The second kappa shape index (κ2) is 9.74. The Kier molecular flexibility index (Phi) is 8.69. The van der Waals surface area contributed by atoms with Crippen LogP contribution < -0.4 is 0 Å². The third-order valence-electron chi connectivity index (χ3n) is 4.87. The summed E-state index contributed by atoms with van der Waals surface area (Å²) in [6.07, 6.45) is 13.9. The lowest BCUT2D eigenvalue weighted by molar-refractivity contribution is 0.0608. The highest BCUT2D eigenvalue weighted by atomic mass is 16.3. The number of hydrogen-bond acceptors (Lipinski definition) is 3. The highest BCUT2D eigenvalue weighted by Crippen LogP contribution is 2.31. The van der Waals surface area contributed by atoms with Gasteiger partial charge in [0.1, 0.15) is 0 Å². The van der Waals surface area contributed by atoms with Gasteiger partial charge in [-0.2, -0.15) is 0 Å². The smallest absolute Gasteiger partial charge is 0.0602 e. The zero-order valence-electron chi connectivity index (χ0n) is 16.1. The van der Waals surface area contributed by atoms with E-state index in [0.29, 0.717) is 24.7 Å². The number of aliphatic hydroxyl groups excluding tert-OH is 2. The molecule has 1 fully saturated rings. The SMILES string of the molecule is CC(C)(O)CCCC(C)(C)CCC/C=C/C=C1C[C@@H](O)C[C@H](O)C1. The monoisotopic (exact) mass is 338 g/mol. The standard InChI is InChI=1S/C21H38O3/c1-20(2,12-9-13-21(3,4)24)11-8-6-5-7-10-17-14-18(22)16-19(23)15-17/h5,7,10,18-19,22-24H,6,8-9,11-16H2,1-4H3/b7-5+/t18-,19-/m1/s1. The minimum Gasteiger partial charge on any atom is -0.393 e. The number of aliphatic hydroxyl groups is 3. The molecule has 0 saturated heterocycles. The second-order valence-electron chi connectivity index (χ2n) is 8.93. The maximum absolute atomic E-state index is 9.78. The first-order valence-corrected chi connectivity index (χ1v) is 9.50. The molecule has 0 aromatic carbocycles. The van der Waals surface area contributed by atoms with Crippen LogP contribution in [0.5, 0.6) is 0 Å². The molecule has 1 aliphatic rings. The molecule has 140 valence electrons. The van der Waals surface area contributed by atoms with Crippen molar-refractivity contribution < 1.29 is 15.3 Å². The molecule has 1 saturated carbocycles. The highest BCUT2D eigenvalue weighted by molar-refractivity contribution is 5.16. The van der Waals surface area contributed by atoms with Gasteiger partial charge in [-0.15, -0.1) is 0 Å². The van der Waals surface area contributed by atoms with Gasteiger partial charge >= 0.3 is 0 Å². The Bertz CT molecular complexity index is 403. The molecular weight excluding hydrogens is 300 g/mol. The molecular formula is C21H38O3. The van der Waals surface area contributed by atoms with Crippen molar-refractivity contribution in [1.82, 2.24) is 0 Å². The van der Waals surface area contributed by atoms with Crippen LogP contribution in [-0.4, -0.2) is 33.1 Å². The summed E-state index contributed by atoms with van der Waals surface area (Å²) in [7, 11) is 0. The quantitative estimate of drug-likeness (QED) is 0.542. The van der Waals surface area contributed by atoms with Crippen molar-refractivity contribution in [3.8, 4) is 0 Å². The van der Waals surface area contributed by atoms with Crippen molar-refractivity contribution >= 4 is 0 Å². The Labute approximate surface area is 148 Å². The molecule has 3 heteroatoms. The van der Waals surface area contributed by atoms with Gasteiger partial charge < -0.3 is 15.3 Å². The first-order chi connectivity index (χ1) is 11.1. The van der Waals surface area contributed by atoms with Gasteiger partial charge in [-0.05, 0) is 70.6 Å². The molecule has 0 aromatic rings. The highest BCUT2D eigenvalue weighted by Gasteiger charge is 2.21. The summed E-state index contributed by atoms with van der Waals surface area (Å²) in [5, 5.41) is 29.1. The lowest BCUT2D eigenvalue weighted by atomic mass is 9.81. The van der Waals surface area contributed by atoms with Crippen LogP contribution in [0.15, 0.2) is 23.8 Å². The summed E-state index contributed by atoms with van der Waals surface area (Å²) >= 11 is 0. The summed E-state index contributed by atoms with van der Waals surface area (Å²) in [4.78, 5) is 0. The van der Waals surface area contributed by atoms with E-state index in [0.717, 1.165) is 31.3 Å². The van der Waals surface area contributed by atoms with E-state index < -0.39 is 17.8 Å². The summed E-state index contributed by atoms with van der Waals surface area (Å²) < 4.78 is 0. The fraction of sp³-hybridized carbons (Fsp3) is 0.810. The Morgan fingerprint density at radius 2 is 1.54 bits per heavy atom. The Morgan fingerprint density at radius 1 is 0.958 bits per heavy atom. The molecule has 1 rings (SSSR count). The Hall–Kier alpha value is -0.640. The topological polar surface area (TPSA) is 60.7 Å². The van der Waals surface area contributed by atoms with Crippen LogP contribution >= 0.6 is 0 Å². The average molecular weight is 339 g/mol. The van der Waals surface area contributed by atoms with Crippen molar-refractivity contribution in [3.05, 3.63) is 23.8 Å². The zero-order chi connectivity index (χ0) is 18.2. The first-order valence-electron chi connectivity index (χ1n) is 9.50. The van der Waals surface area contributed by atoms with Gasteiger partial charge in [0, 0.05) is 0 Å². The maximum atomic E-state index is 9.78. The Balaban J connectivity index is 2.22. The van der Waals surface area contributed by atoms with Gasteiger partial charge in [-0.1, -0.05) is 44.1 Å². The molecule has 0 radical (unpaired) electrons. The molecule has 0 bridgehead atoms. The largest absolute Gasteiger partial charge is 0.393 e. The van der Waals surface area contributed by atoms with Gasteiger partial charge in [0.2, 0.25) is 0 Å². The molecule has 24 heavy (non-hydrogen) atoms. The average Bonchev–Trinajstić information content (AvgIpc) is 2.39. The van der Waals surface area contributed by atoms with E-state index in [1.54, 1.807) is 0 Å². The van der Waals surface area contributed by atoms with Crippen LogP contribution in [0.2, 0.25) is 0 Å². The van der Waals surface area contributed by atoms with Crippen LogP contribution in [0.3, 0.4) is 0 Å². The molecule has 0 heterocycles. The molecule has 0 aromatic heterocycles. The van der Waals surface area contributed by atoms with Crippen molar-refractivity contribution in [2.24, 2.45) is 5.41 Å². The summed E-state index contributed by atoms with van der Waals surface area (Å²) in [6.45, 7) is 8.38. The molecule has 2 atom stereocenters. The number of unbranched alkanes of at least 4 members (excludes halogenated alkanes) is 1. The third-order valence-corrected chi connectivity index (χ3v) is 4.87. The minimum atomic E-state index is -0.549. The molecule has 1 aliphatic carbocycles. The van der Waals surface area contributed by atoms with Crippen molar-refractivity contribution in [2.45, 2.75) is 103 Å². The molecule has 0 amide bonds. The van der Waals surface area contributed by atoms with Crippen LogP contribution in [0.25, 0.3) is 0 Å². The molecule has 0 aliphatic heterocycles. The van der Waals surface area contributed by atoms with Crippen molar-refractivity contribution in [2.75, 3.05) is 0 Å². The lowest BCUT2D eigenvalue weighted by Crippen LogP contribution is -2.24. The lowest BCUT2D eigenvalue weighted by Gasteiger charge is -2.26.